The first-order valence-electron chi connectivity index (χ1n) is 8.11. The van der Waals surface area contributed by atoms with Crippen molar-refractivity contribution in [2.75, 3.05) is 33.3 Å². The second kappa shape index (κ2) is 7.41. The molecule has 0 aliphatic heterocycles. The zero-order valence-electron chi connectivity index (χ0n) is 15.4. The van der Waals surface area contributed by atoms with Gasteiger partial charge in [-0.1, -0.05) is 12.1 Å². The van der Waals surface area contributed by atoms with Crippen molar-refractivity contribution in [2.45, 2.75) is 0 Å². The Morgan fingerprint density at radius 1 is 0.963 bits per heavy atom. The average molecular weight is 369 g/mol. The number of anilines is 1. The smallest absolute Gasteiger partial charge is 0.293 e. The molecule has 0 fully saturated rings. The summed E-state index contributed by atoms with van der Waals surface area (Å²) in [5.74, 6) is 0.696. The van der Waals surface area contributed by atoms with E-state index in [0.717, 1.165) is 0 Å². The number of benzene rings is 2. The third-order valence-corrected chi connectivity index (χ3v) is 4.19. The maximum Gasteiger partial charge on any atom is 0.293 e. The number of carbonyl (C=O) groups excluding carboxylic acids is 1. The first kappa shape index (κ1) is 18.3. The van der Waals surface area contributed by atoms with Crippen LogP contribution in [0, 0.1) is 0 Å². The SMILES string of the molecule is COc1cc(N(C)C(=O)c2cc(=O)c3ccccc3o2)cc(OC)c1OC. The summed E-state index contributed by atoms with van der Waals surface area (Å²) in [7, 11) is 6.05. The zero-order chi connectivity index (χ0) is 19.6. The highest BCUT2D eigenvalue weighted by molar-refractivity contribution is 6.04. The van der Waals surface area contributed by atoms with Gasteiger partial charge in [-0.15, -0.1) is 0 Å². The molecule has 0 atom stereocenters. The fraction of sp³-hybridized carbons (Fsp3) is 0.200. The van der Waals surface area contributed by atoms with Crippen LogP contribution in [-0.4, -0.2) is 34.3 Å². The fourth-order valence-electron chi connectivity index (χ4n) is 2.75. The van der Waals surface area contributed by atoms with Gasteiger partial charge in [-0.05, 0) is 12.1 Å². The Bertz CT molecular complexity index is 1030. The van der Waals surface area contributed by atoms with Gasteiger partial charge in [-0.3, -0.25) is 9.59 Å². The van der Waals surface area contributed by atoms with Crippen LogP contribution < -0.4 is 24.5 Å². The molecule has 1 heterocycles. The summed E-state index contributed by atoms with van der Waals surface area (Å²) in [4.78, 5) is 26.5. The third kappa shape index (κ3) is 3.31. The maximum absolute atomic E-state index is 12.9. The number of para-hydroxylation sites is 1. The molecule has 0 radical (unpaired) electrons. The third-order valence-electron chi connectivity index (χ3n) is 4.19. The summed E-state index contributed by atoms with van der Waals surface area (Å²) in [5.41, 5.74) is 0.565. The van der Waals surface area contributed by atoms with Crippen molar-refractivity contribution < 1.29 is 23.4 Å². The minimum Gasteiger partial charge on any atom is -0.493 e. The van der Waals surface area contributed by atoms with Crippen LogP contribution in [0.1, 0.15) is 10.6 Å². The molecule has 3 rings (SSSR count). The van der Waals surface area contributed by atoms with Crippen LogP contribution in [0.5, 0.6) is 17.2 Å². The molecule has 0 aliphatic carbocycles. The Balaban J connectivity index is 2.04. The van der Waals surface area contributed by atoms with Gasteiger partial charge in [0.15, 0.2) is 22.7 Å². The highest BCUT2D eigenvalue weighted by atomic mass is 16.5. The van der Waals surface area contributed by atoms with Crippen LogP contribution in [0.25, 0.3) is 11.0 Å². The molecule has 0 unspecified atom stereocenters. The van der Waals surface area contributed by atoms with E-state index in [2.05, 4.69) is 0 Å². The number of carbonyl (C=O) groups is 1. The van der Waals surface area contributed by atoms with E-state index >= 15 is 0 Å². The number of amides is 1. The van der Waals surface area contributed by atoms with Crippen LogP contribution in [0.2, 0.25) is 0 Å². The van der Waals surface area contributed by atoms with E-state index in [9.17, 15) is 9.59 Å². The summed E-state index contributed by atoms with van der Waals surface area (Å²) < 4.78 is 21.5. The molecule has 140 valence electrons. The number of rotatable bonds is 5. The van der Waals surface area contributed by atoms with E-state index in [1.165, 1.54) is 32.3 Å². The zero-order valence-corrected chi connectivity index (χ0v) is 15.4. The van der Waals surface area contributed by atoms with Crippen LogP contribution in [0.3, 0.4) is 0 Å². The summed E-state index contributed by atoms with van der Waals surface area (Å²) >= 11 is 0. The van der Waals surface area contributed by atoms with Gasteiger partial charge in [0, 0.05) is 25.2 Å². The first-order chi connectivity index (χ1) is 13.0. The molecule has 0 bridgehead atoms. The Labute approximate surface area is 155 Å². The quantitative estimate of drug-likeness (QED) is 0.688. The standard InChI is InChI=1S/C20H19NO6/c1-21(12-9-16(24-2)19(26-4)17(10-12)25-3)20(23)18-11-14(22)13-7-5-6-8-15(13)27-18/h5-11H,1-4H3. The summed E-state index contributed by atoms with van der Waals surface area (Å²) in [6, 6.07) is 11.2. The van der Waals surface area contributed by atoms with Crippen molar-refractivity contribution in [2.24, 2.45) is 0 Å². The molecule has 7 heteroatoms. The van der Waals surface area contributed by atoms with Crippen LogP contribution in [0.15, 0.2) is 51.7 Å². The maximum atomic E-state index is 12.9. The molecule has 0 spiro atoms. The minimum atomic E-state index is -0.480. The van der Waals surface area contributed by atoms with Crippen molar-refractivity contribution in [3.05, 3.63) is 58.4 Å². The van der Waals surface area contributed by atoms with Gasteiger partial charge in [0.2, 0.25) is 5.75 Å². The van der Waals surface area contributed by atoms with Gasteiger partial charge in [-0.25, -0.2) is 0 Å². The lowest BCUT2D eigenvalue weighted by Gasteiger charge is -2.20. The second-order valence-corrected chi connectivity index (χ2v) is 5.72. The van der Waals surface area contributed by atoms with Crippen molar-refractivity contribution in [1.29, 1.82) is 0 Å². The number of ether oxygens (including phenoxy) is 3. The molecule has 0 N–H and O–H groups in total. The normalized spacial score (nSPS) is 10.5. The van der Waals surface area contributed by atoms with E-state index in [4.69, 9.17) is 18.6 Å². The average Bonchev–Trinajstić information content (AvgIpc) is 2.71. The van der Waals surface area contributed by atoms with Crippen LogP contribution >= 0.6 is 0 Å². The van der Waals surface area contributed by atoms with Gasteiger partial charge in [0.1, 0.15) is 5.58 Å². The molecule has 2 aromatic carbocycles. The van der Waals surface area contributed by atoms with Gasteiger partial charge in [-0.2, -0.15) is 0 Å². The molecule has 27 heavy (non-hydrogen) atoms. The van der Waals surface area contributed by atoms with Gasteiger partial charge in [0.25, 0.3) is 5.91 Å². The van der Waals surface area contributed by atoms with Crippen molar-refractivity contribution in [1.82, 2.24) is 0 Å². The number of hydrogen-bond donors (Lipinski definition) is 0. The van der Waals surface area contributed by atoms with Crippen molar-refractivity contribution >= 4 is 22.6 Å². The van der Waals surface area contributed by atoms with E-state index in [-0.39, 0.29) is 11.2 Å². The Hall–Kier alpha value is -3.48. The first-order valence-corrected chi connectivity index (χ1v) is 8.11. The molecule has 0 aliphatic rings. The largest absolute Gasteiger partial charge is 0.493 e. The minimum absolute atomic E-state index is 0.0602. The van der Waals surface area contributed by atoms with E-state index in [1.807, 2.05) is 0 Å². The Morgan fingerprint density at radius 3 is 2.19 bits per heavy atom. The number of fused-ring (bicyclic) bond motifs is 1. The summed E-state index contributed by atoms with van der Waals surface area (Å²) in [5, 5.41) is 0.421. The monoisotopic (exact) mass is 369 g/mol. The molecule has 7 nitrogen and oxygen atoms in total. The van der Waals surface area contributed by atoms with E-state index < -0.39 is 5.91 Å². The van der Waals surface area contributed by atoms with Crippen molar-refractivity contribution in [3.63, 3.8) is 0 Å². The lowest BCUT2D eigenvalue weighted by molar-refractivity contribution is 0.0967. The predicted molar refractivity (Wildman–Crippen MR) is 101 cm³/mol. The molecule has 0 saturated carbocycles. The van der Waals surface area contributed by atoms with E-state index in [0.29, 0.717) is 33.9 Å². The Kier molecular flexibility index (Phi) is 5.03. The van der Waals surface area contributed by atoms with E-state index in [1.54, 1.807) is 43.4 Å². The molecular formula is C20H19NO6. The predicted octanol–water partition coefficient (Wildman–Crippen LogP) is 3.10. The van der Waals surface area contributed by atoms with Gasteiger partial charge >= 0.3 is 0 Å². The summed E-state index contributed by atoms with van der Waals surface area (Å²) in [6.07, 6.45) is 0. The van der Waals surface area contributed by atoms with Crippen LogP contribution in [-0.2, 0) is 0 Å². The highest BCUT2D eigenvalue weighted by Crippen LogP contribution is 2.41. The topological polar surface area (TPSA) is 78.2 Å². The van der Waals surface area contributed by atoms with Gasteiger partial charge in [0.05, 0.1) is 32.4 Å². The van der Waals surface area contributed by atoms with Gasteiger partial charge < -0.3 is 23.5 Å². The number of hydrogen-bond acceptors (Lipinski definition) is 6. The summed E-state index contributed by atoms with van der Waals surface area (Å²) in [6.45, 7) is 0. The Morgan fingerprint density at radius 2 is 1.59 bits per heavy atom. The number of nitrogens with zero attached hydrogens (tertiary/aromatic N) is 1. The fourth-order valence-corrected chi connectivity index (χ4v) is 2.75. The molecule has 0 saturated heterocycles. The lowest BCUT2D eigenvalue weighted by atomic mass is 10.2. The molecule has 1 amide bonds. The number of methoxy groups -OCH3 is 3. The molecule has 3 aromatic rings. The molecule has 1 aromatic heterocycles. The van der Waals surface area contributed by atoms with Crippen molar-refractivity contribution in [3.8, 4) is 17.2 Å². The highest BCUT2D eigenvalue weighted by Gasteiger charge is 2.21. The lowest BCUT2D eigenvalue weighted by Crippen LogP contribution is -2.27. The second-order valence-electron chi connectivity index (χ2n) is 5.72. The molecular weight excluding hydrogens is 350 g/mol. The van der Waals surface area contributed by atoms with Crippen LogP contribution in [0.4, 0.5) is 5.69 Å².